The van der Waals surface area contributed by atoms with Gasteiger partial charge in [-0.05, 0) is 38.3 Å². The van der Waals surface area contributed by atoms with E-state index in [1.165, 1.54) is 18.4 Å². The van der Waals surface area contributed by atoms with Crippen molar-refractivity contribution in [1.82, 2.24) is 19.9 Å². The van der Waals surface area contributed by atoms with Crippen molar-refractivity contribution in [3.05, 3.63) is 41.5 Å². The van der Waals surface area contributed by atoms with Crippen molar-refractivity contribution in [2.75, 3.05) is 18.9 Å². The highest BCUT2D eigenvalue weighted by Crippen LogP contribution is 2.24. The predicted molar refractivity (Wildman–Crippen MR) is 96.5 cm³/mol. The van der Waals surface area contributed by atoms with Gasteiger partial charge in [-0.2, -0.15) is 0 Å². The number of aromatic nitrogens is 3. The third-order valence-corrected chi connectivity index (χ3v) is 5.04. The number of hydrogen-bond acceptors (Lipinski definition) is 6. The van der Waals surface area contributed by atoms with Crippen LogP contribution in [-0.2, 0) is 19.5 Å². The van der Waals surface area contributed by atoms with Crippen molar-refractivity contribution < 1.29 is 4.74 Å². The predicted octanol–water partition coefficient (Wildman–Crippen LogP) is 2.79. The van der Waals surface area contributed by atoms with Gasteiger partial charge in [0.15, 0.2) is 0 Å². The molecule has 0 radical (unpaired) electrons. The molecular weight excluding hydrogens is 314 g/mol. The fourth-order valence-electron chi connectivity index (χ4n) is 3.58. The van der Waals surface area contributed by atoms with Crippen LogP contribution in [0, 0.1) is 0 Å². The molecule has 0 saturated heterocycles. The summed E-state index contributed by atoms with van der Waals surface area (Å²) in [7, 11) is 2.13. The third kappa shape index (κ3) is 3.90. The van der Waals surface area contributed by atoms with Gasteiger partial charge in [-0.25, -0.2) is 15.0 Å². The lowest BCUT2D eigenvalue weighted by atomic mass is 10.1. The number of nitrogens with zero attached hydrogens (tertiary/aromatic N) is 4. The molecule has 0 aromatic carbocycles. The largest absolute Gasteiger partial charge is 0.474 e. The Morgan fingerprint density at radius 2 is 2.08 bits per heavy atom. The van der Waals surface area contributed by atoms with E-state index in [-0.39, 0.29) is 0 Å². The molecule has 0 atom stereocenters. The quantitative estimate of drug-likeness (QED) is 0.904. The molecule has 4 rings (SSSR count). The molecule has 0 unspecified atom stereocenters. The van der Waals surface area contributed by atoms with Crippen LogP contribution in [-0.4, -0.2) is 39.5 Å². The summed E-state index contributed by atoms with van der Waals surface area (Å²) >= 11 is 0. The van der Waals surface area contributed by atoms with Crippen molar-refractivity contribution in [2.45, 2.75) is 51.3 Å². The van der Waals surface area contributed by atoms with Crippen molar-refractivity contribution in [3.63, 3.8) is 0 Å². The fourth-order valence-corrected chi connectivity index (χ4v) is 3.58. The molecule has 1 N–H and O–H groups in total. The zero-order valence-corrected chi connectivity index (χ0v) is 14.7. The number of nitrogens with one attached hydrogen (secondary N) is 1. The van der Waals surface area contributed by atoms with E-state index in [0.29, 0.717) is 12.6 Å². The second kappa shape index (κ2) is 7.35. The van der Waals surface area contributed by atoms with Crippen LogP contribution in [0.3, 0.4) is 0 Å². The highest BCUT2D eigenvalue weighted by Gasteiger charge is 2.19. The molecule has 1 saturated carbocycles. The summed E-state index contributed by atoms with van der Waals surface area (Å²) in [6.07, 6.45) is 9.71. The Morgan fingerprint density at radius 3 is 2.88 bits per heavy atom. The first-order valence-electron chi connectivity index (χ1n) is 9.14. The van der Waals surface area contributed by atoms with Gasteiger partial charge in [-0.1, -0.05) is 6.07 Å². The van der Waals surface area contributed by atoms with E-state index in [0.717, 1.165) is 55.3 Å². The summed E-state index contributed by atoms with van der Waals surface area (Å²) in [6.45, 7) is 2.64. The SMILES string of the molecule is CN1CCc2ncnc(NCc3ccc(OC4CCCC4)nc3)c2C1. The average Bonchev–Trinajstić information content (AvgIpc) is 3.14. The van der Waals surface area contributed by atoms with E-state index >= 15 is 0 Å². The van der Waals surface area contributed by atoms with Gasteiger partial charge in [-0.3, -0.25) is 0 Å². The monoisotopic (exact) mass is 339 g/mol. The van der Waals surface area contributed by atoms with Gasteiger partial charge in [0.2, 0.25) is 5.88 Å². The van der Waals surface area contributed by atoms with Crippen LogP contribution in [0.1, 0.15) is 42.5 Å². The Labute approximate surface area is 148 Å². The molecule has 1 aliphatic carbocycles. The maximum atomic E-state index is 5.92. The first kappa shape index (κ1) is 16.3. The first-order valence-corrected chi connectivity index (χ1v) is 9.14. The van der Waals surface area contributed by atoms with E-state index in [4.69, 9.17) is 4.74 Å². The number of likely N-dealkylation sites (N-methyl/N-ethyl adjacent to an activating group) is 1. The summed E-state index contributed by atoms with van der Waals surface area (Å²) in [5, 5.41) is 3.44. The van der Waals surface area contributed by atoms with Crippen molar-refractivity contribution in [1.29, 1.82) is 0 Å². The van der Waals surface area contributed by atoms with Gasteiger partial charge in [0.05, 0.1) is 5.69 Å². The standard InChI is InChI=1S/C19H25N5O/c1-24-9-8-17-16(12-24)19(23-13-22-17)21-11-14-6-7-18(20-10-14)25-15-4-2-3-5-15/h6-7,10,13,15H,2-5,8-9,11-12H2,1H3,(H,21,22,23). The maximum Gasteiger partial charge on any atom is 0.213 e. The Hall–Kier alpha value is -2.21. The summed E-state index contributed by atoms with van der Waals surface area (Å²) in [5.74, 6) is 1.67. The number of rotatable bonds is 5. The number of ether oxygens (including phenoxy) is 1. The minimum Gasteiger partial charge on any atom is -0.474 e. The second-order valence-electron chi connectivity index (χ2n) is 7.02. The van der Waals surface area contributed by atoms with Crippen LogP contribution in [0.15, 0.2) is 24.7 Å². The number of fused-ring (bicyclic) bond motifs is 1. The minimum atomic E-state index is 0.348. The highest BCUT2D eigenvalue weighted by atomic mass is 16.5. The average molecular weight is 339 g/mol. The minimum absolute atomic E-state index is 0.348. The summed E-state index contributed by atoms with van der Waals surface area (Å²) in [5.41, 5.74) is 3.50. The van der Waals surface area contributed by atoms with Gasteiger partial charge >= 0.3 is 0 Å². The van der Waals surface area contributed by atoms with Crippen LogP contribution >= 0.6 is 0 Å². The lowest BCUT2D eigenvalue weighted by Crippen LogP contribution is -2.28. The maximum absolute atomic E-state index is 5.92. The number of pyridine rings is 1. The van der Waals surface area contributed by atoms with Crippen molar-refractivity contribution >= 4 is 5.82 Å². The molecule has 0 bridgehead atoms. The smallest absolute Gasteiger partial charge is 0.213 e. The molecule has 6 heteroatoms. The van der Waals surface area contributed by atoms with E-state index in [2.05, 4.69) is 38.3 Å². The number of hydrogen-bond donors (Lipinski definition) is 1. The van der Waals surface area contributed by atoms with E-state index in [1.807, 2.05) is 12.3 Å². The molecule has 0 amide bonds. The van der Waals surface area contributed by atoms with E-state index in [9.17, 15) is 0 Å². The molecule has 2 aromatic rings. The molecule has 25 heavy (non-hydrogen) atoms. The van der Waals surface area contributed by atoms with E-state index < -0.39 is 0 Å². The number of anilines is 1. The van der Waals surface area contributed by atoms with Crippen molar-refractivity contribution in [3.8, 4) is 5.88 Å². The van der Waals surface area contributed by atoms with Gasteiger partial charge in [-0.15, -0.1) is 0 Å². The molecular formula is C19H25N5O. The normalized spacial score (nSPS) is 18.1. The first-order chi connectivity index (χ1) is 12.3. The Bertz CT molecular complexity index is 712. The molecule has 2 aromatic heterocycles. The zero-order valence-electron chi connectivity index (χ0n) is 14.7. The molecule has 2 aliphatic rings. The molecule has 132 valence electrons. The summed E-state index contributed by atoms with van der Waals surface area (Å²) in [4.78, 5) is 15.6. The molecule has 6 nitrogen and oxygen atoms in total. The van der Waals surface area contributed by atoms with Crippen LogP contribution < -0.4 is 10.1 Å². The van der Waals surface area contributed by atoms with Crippen molar-refractivity contribution in [2.24, 2.45) is 0 Å². The van der Waals surface area contributed by atoms with Gasteiger partial charge in [0.1, 0.15) is 18.2 Å². The van der Waals surface area contributed by atoms with Gasteiger partial charge < -0.3 is 15.0 Å². The Kier molecular flexibility index (Phi) is 4.78. The van der Waals surface area contributed by atoms with Crippen LogP contribution in [0.2, 0.25) is 0 Å². The second-order valence-corrected chi connectivity index (χ2v) is 7.02. The molecule has 0 spiro atoms. The topological polar surface area (TPSA) is 63.2 Å². The lowest BCUT2D eigenvalue weighted by Gasteiger charge is -2.25. The third-order valence-electron chi connectivity index (χ3n) is 5.04. The molecule has 3 heterocycles. The lowest BCUT2D eigenvalue weighted by molar-refractivity contribution is 0.201. The molecule has 1 fully saturated rings. The summed E-state index contributed by atoms with van der Waals surface area (Å²) in [6, 6.07) is 4.04. The van der Waals surface area contributed by atoms with Crippen LogP contribution in [0.25, 0.3) is 0 Å². The highest BCUT2D eigenvalue weighted by molar-refractivity contribution is 5.47. The Morgan fingerprint density at radius 1 is 1.20 bits per heavy atom. The summed E-state index contributed by atoms with van der Waals surface area (Å²) < 4.78 is 5.92. The zero-order chi connectivity index (χ0) is 17.1. The van der Waals surface area contributed by atoms with Gasteiger partial charge in [0.25, 0.3) is 0 Å². The van der Waals surface area contributed by atoms with E-state index in [1.54, 1.807) is 6.33 Å². The van der Waals surface area contributed by atoms with Crippen LogP contribution in [0.5, 0.6) is 5.88 Å². The Balaban J connectivity index is 1.38. The molecule has 1 aliphatic heterocycles. The van der Waals surface area contributed by atoms with Crippen LogP contribution in [0.4, 0.5) is 5.82 Å². The van der Waals surface area contributed by atoms with Gasteiger partial charge in [0, 0.05) is 43.9 Å². The fraction of sp³-hybridized carbons (Fsp3) is 0.526.